The molecule has 0 N–H and O–H groups in total. The van der Waals surface area contributed by atoms with Gasteiger partial charge < -0.3 is 14.4 Å². The minimum Gasteiger partial charge on any atom is -0.444 e. The molecule has 1 aromatic carbocycles. The first kappa shape index (κ1) is 23.0. The second-order valence-electron chi connectivity index (χ2n) is 9.21. The topological polar surface area (TPSA) is 104 Å². The van der Waals surface area contributed by atoms with E-state index in [0.717, 1.165) is 30.0 Å². The van der Waals surface area contributed by atoms with Crippen LogP contribution < -0.4 is 4.74 Å². The van der Waals surface area contributed by atoms with E-state index in [-0.39, 0.29) is 17.0 Å². The first-order valence-electron chi connectivity index (χ1n) is 10.8. The third kappa shape index (κ3) is 5.44. The number of fused-ring (bicyclic) bond motifs is 1. The first-order chi connectivity index (χ1) is 15.5. The van der Waals surface area contributed by atoms with Crippen LogP contribution in [0.25, 0.3) is 10.9 Å². The SMILES string of the molecule is CC(C)(C)OC(=O)N1CCC(n2ncc3cc(Oc4ccc(S(C)(=O)=O)cc4)ncc32)CC1. The number of ether oxygens (including phenoxy) is 2. The molecule has 0 saturated carbocycles. The van der Waals surface area contributed by atoms with E-state index in [1.54, 1.807) is 35.5 Å². The molecule has 3 heterocycles. The summed E-state index contributed by atoms with van der Waals surface area (Å²) in [6.07, 6.45) is 5.94. The molecule has 1 aliphatic rings. The van der Waals surface area contributed by atoms with Crippen molar-refractivity contribution in [2.75, 3.05) is 19.3 Å². The van der Waals surface area contributed by atoms with Crippen LogP contribution in [-0.4, -0.2) is 59.1 Å². The average Bonchev–Trinajstić information content (AvgIpc) is 3.15. The quantitative estimate of drug-likeness (QED) is 0.560. The smallest absolute Gasteiger partial charge is 0.410 e. The van der Waals surface area contributed by atoms with Crippen LogP contribution >= 0.6 is 0 Å². The van der Waals surface area contributed by atoms with Crippen molar-refractivity contribution in [3.05, 3.63) is 42.7 Å². The Labute approximate surface area is 193 Å². The van der Waals surface area contributed by atoms with Crippen LogP contribution in [0, 0.1) is 0 Å². The van der Waals surface area contributed by atoms with E-state index in [1.807, 2.05) is 25.5 Å². The van der Waals surface area contributed by atoms with Gasteiger partial charge in [-0.05, 0) is 57.9 Å². The fourth-order valence-electron chi connectivity index (χ4n) is 3.77. The number of rotatable bonds is 4. The number of nitrogens with zero attached hydrogens (tertiary/aromatic N) is 4. The number of hydrogen-bond donors (Lipinski definition) is 0. The maximum Gasteiger partial charge on any atom is 0.410 e. The molecule has 9 nitrogen and oxygen atoms in total. The molecule has 1 saturated heterocycles. The third-order valence-corrected chi connectivity index (χ3v) is 6.52. The normalized spacial score (nSPS) is 15.6. The fourth-order valence-corrected chi connectivity index (χ4v) is 4.40. The van der Waals surface area contributed by atoms with Gasteiger partial charge in [0.2, 0.25) is 5.88 Å². The lowest BCUT2D eigenvalue weighted by Gasteiger charge is -2.33. The maximum absolute atomic E-state index is 12.3. The molecule has 0 unspecified atom stereocenters. The molecule has 0 spiro atoms. The van der Waals surface area contributed by atoms with Crippen LogP contribution in [0.4, 0.5) is 4.79 Å². The number of piperidine rings is 1. The number of carbonyl (C=O) groups excluding carboxylic acids is 1. The van der Waals surface area contributed by atoms with E-state index in [0.29, 0.717) is 24.7 Å². The Bertz CT molecular complexity index is 1250. The van der Waals surface area contributed by atoms with Gasteiger partial charge in [-0.3, -0.25) is 4.68 Å². The molecule has 0 radical (unpaired) electrons. The van der Waals surface area contributed by atoms with E-state index >= 15 is 0 Å². The highest BCUT2D eigenvalue weighted by Gasteiger charge is 2.28. The number of sulfone groups is 1. The van der Waals surface area contributed by atoms with Crippen LogP contribution in [0.3, 0.4) is 0 Å². The summed E-state index contributed by atoms with van der Waals surface area (Å²) in [5, 5.41) is 5.45. The summed E-state index contributed by atoms with van der Waals surface area (Å²) in [5.74, 6) is 0.894. The monoisotopic (exact) mass is 472 g/mol. The molecular weight excluding hydrogens is 444 g/mol. The number of benzene rings is 1. The number of aromatic nitrogens is 3. The molecule has 1 aliphatic heterocycles. The summed E-state index contributed by atoms with van der Waals surface area (Å²) in [7, 11) is -3.26. The molecule has 10 heteroatoms. The van der Waals surface area contributed by atoms with E-state index < -0.39 is 15.4 Å². The van der Waals surface area contributed by atoms with E-state index in [2.05, 4.69) is 10.1 Å². The Morgan fingerprint density at radius 1 is 1.09 bits per heavy atom. The number of carbonyl (C=O) groups is 1. The molecule has 0 bridgehead atoms. The van der Waals surface area contributed by atoms with Crippen molar-refractivity contribution < 1.29 is 22.7 Å². The predicted molar refractivity (Wildman–Crippen MR) is 123 cm³/mol. The summed E-state index contributed by atoms with van der Waals surface area (Å²) in [6, 6.07) is 8.18. The van der Waals surface area contributed by atoms with Gasteiger partial charge in [-0.15, -0.1) is 0 Å². The van der Waals surface area contributed by atoms with Gasteiger partial charge in [-0.1, -0.05) is 0 Å². The lowest BCUT2D eigenvalue weighted by molar-refractivity contribution is 0.0186. The Balaban J connectivity index is 1.43. The van der Waals surface area contributed by atoms with Gasteiger partial charge in [0.05, 0.1) is 28.8 Å². The first-order valence-corrected chi connectivity index (χ1v) is 12.7. The predicted octanol–water partition coefficient (Wildman–Crippen LogP) is 4.20. The molecule has 0 atom stereocenters. The molecule has 3 aromatic rings. The number of pyridine rings is 1. The summed E-state index contributed by atoms with van der Waals surface area (Å²) in [4.78, 5) is 18.7. The van der Waals surface area contributed by atoms with Gasteiger partial charge >= 0.3 is 6.09 Å². The maximum atomic E-state index is 12.3. The highest BCUT2D eigenvalue weighted by molar-refractivity contribution is 7.90. The Morgan fingerprint density at radius 3 is 2.36 bits per heavy atom. The van der Waals surface area contributed by atoms with Crippen molar-refractivity contribution in [1.29, 1.82) is 0 Å². The van der Waals surface area contributed by atoms with E-state index in [4.69, 9.17) is 9.47 Å². The van der Waals surface area contributed by atoms with Crippen molar-refractivity contribution in [2.45, 2.75) is 50.2 Å². The molecule has 2 aromatic heterocycles. The second-order valence-corrected chi connectivity index (χ2v) is 11.2. The van der Waals surface area contributed by atoms with Gasteiger partial charge in [0.15, 0.2) is 9.84 Å². The summed E-state index contributed by atoms with van der Waals surface area (Å²) in [6.45, 7) is 6.81. The largest absolute Gasteiger partial charge is 0.444 e. The van der Waals surface area contributed by atoms with Crippen LogP contribution in [-0.2, 0) is 14.6 Å². The van der Waals surface area contributed by atoms with Crippen molar-refractivity contribution in [3.8, 4) is 11.6 Å². The average molecular weight is 473 g/mol. The standard InChI is InChI=1S/C23H28N4O5S/c1-23(2,3)32-22(28)26-11-9-17(10-12-26)27-20-15-24-21(13-16(20)14-25-27)31-18-5-7-19(8-6-18)33(4,29)30/h5-8,13-15,17H,9-12H2,1-4H3. The zero-order chi connectivity index (χ0) is 23.8. The lowest BCUT2D eigenvalue weighted by Crippen LogP contribution is -2.42. The summed E-state index contributed by atoms with van der Waals surface area (Å²) in [5.41, 5.74) is 0.387. The number of amides is 1. The van der Waals surface area contributed by atoms with E-state index in [1.165, 1.54) is 12.1 Å². The molecule has 33 heavy (non-hydrogen) atoms. The van der Waals surface area contributed by atoms with Crippen LogP contribution in [0.5, 0.6) is 11.6 Å². The highest BCUT2D eigenvalue weighted by Crippen LogP contribution is 2.29. The van der Waals surface area contributed by atoms with Crippen LogP contribution in [0.1, 0.15) is 39.7 Å². The van der Waals surface area contributed by atoms with E-state index in [9.17, 15) is 13.2 Å². The second kappa shape index (κ2) is 8.66. The highest BCUT2D eigenvalue weighted by atomic mass is 32.2. The Hall–Kier alpha value is -3.14. The van der Waals surface area contributed by atoms with Gasteiger partial charge in [0.25, 0.3) is 0 Å². The van der Waals surface area contributed by atoms with Crippen molar-refractivity contribution in [2.24, 2.45) is 0 Å². The molecule has 1 fully saturated rings. The number of likely N-dealkylation sites (tertiary alicyclic amines) is 1. The van der Waals surface area contributed by atoms with Crippen molar-refractivity contribution in [3.63, 3.8) is 0 Å². The zero-order valence-corrected chi connectivity index (χ0v) is 20.0. The van der Waals surface area contributed by atoms with Gasteiger partial charge in [-0.2, -0.15) is 5.10 Å². The summed E-state index contributed by atoms with van der Waals surface area (Å²) >= 11 is 0. The fraction of sp³-hybridized carbons (Fsp3) is 0.435. The van der Waals surface area contributed by atoms with Gasteiger partial charge in [0.1, 0.15) is 11.4 Å². The van der Waals surface area contributed by atoms with Crippen LogP contribution in [0.15, 0.2) is 47.6 Å². The molecule has 4 rings (SSSR count). The Kier molecular flexibility index (Phi) is 6.04. The summed E-state index contributed by atoms with van der Waals surface area (Å²) < 4.78 is 36.4. The van der Waals surface area contributed by atoms with Gasteiger partial charge in [0, 0.05) is 30.8 Å². The van der Waals surface area contributed by atoms with Crippen molar-refractivity contribution in [1.82, 2.24) is 19.7 Å². The molecular formula is C23H28N4O5S. The Morgan fingerprint density at radius 2 is 1.76 bits per heavy atom. The number of hydrogen-bond acceptors (Lipinski definition) is 7. The minimum atomic E-state index is -3.26. The van der Waals surface area contributed by atoms with Gasteiger partial charge in [-0.25, -0.2) is 18.2 Å². The van der Waals surface area contributed by atoms with Crippen molar-refractivity contribution >= 4 is 26.8 Å². The molecule has 0 aliphatic carbocycles. The molecule has 176 valence electrons. The zero-order valence-electron chi connectivity index (χ0n) is 19.2. The molecule has 1 amide bonds. The minimum absolute atomic E-state index is 0.165. The lowest BCUT2D eigenvalue weighted by atomic mass is 10.1. The third-order valence-electron chi connectivity index (χ3n) is 5.39. The van der Waals surface area contributed by atoms with Crippen LogP contribution in [0.2, 0.25) is 0 Å².